The Morgan fingerprint density at radius 2 is 1.79 bits per heavy atom. The van der Waals surface area contributed by atoms with E-state index in [0.717, 1.165) is 0 Å². The van der Waals surface area contributed by atoms with Crippen molar-refractivity contribution in [1.82, 2.24) is 0 Å². The Labute approximate surface area is 141 Å². The highest BCUT2D eigenvalue weighted by atomic mass is 16.5. The standard InChI is InChI=1S/C18H22N2O4/c1-4-24-16-8-6-5-7-15(16)20-18(21)12-19-14-10-9-13(22-2)11-17(14)23-3/h5-11,19H,4,12H2,1-3H3,(H,20,21). The quantitative estimate of drug-likeness (QED) is 0.778. The molecule has 0 radical (unpaired) electrons. The third kappa shape index (κ3) is 4.55. The smallest absolute Gasteiger partial charge is 0.243 e. The molecule has 1 amide bonds. The molecule has 0 saturated heterocycles. The molecule has 0 aromatic heterocycles. The van der Waals surface area contributed by atoms with Crippen LogP contribution in [-0.4, -0.2) is 33.3 Å². The fraction of sp³-hybridized carbons (Fsp3) is 0.278. The monoisotopic (exact) mass is 330 g/mol. The number of benzene rings is 2. The van der Waals surface area contributed by atoms with Gasteiger partial charge in [0.05, 0.1) is 38.7 Å². The van der Waals surface area contributed by atoms with Crippen molar-refractivity contribution in [2.24, 2.45) is 0 Å². The Morgan fingerprint density at radius 3 is 2.50 bits per heavy atom. The van der Waals surface area contributed by atoms with Crippen LogP contribution in [0.5, 0.6) is 17.2 Å². The maximum absolute atomic E-state index is 12.2. The molecule has 6 nitrogen and oxygen atoms in total. The van der Waals surface area contributed by atoms with Gasteiger partial charge < -0.3 is 24.8 Å². The number of methoxy groups -OCH3 is 2. The second kappa shape index (κ2) is 8.67. The predicted octanol–water partition coefficient (Wildman–Crippen LogP) is 3.15. The SMILES string of the molecule is CCOc1ccccc1NC(=O)CNc1ccc(OC)cc1OC. The Bertz CT molecular complexity index is 688. The lowest BCUT2D eigenvalue weighted by Gasteiger charge is -2.14. The fourth-order valence-corrected chi connectivity index (χ4v) is 2.17. The average molecular weight is 330 g/mol. The summed E-state index contributed by atoms with van der Waals surface area (Å²) in [7, 11) is 3.16. The summed E-state index contributed by atoms with van der Waals surface area (Å²) in [5, 5.41) is 5.89. The van der Waals surface area contributed by atoms with Crippen molar-refractivity contribution in [3.63, 3.8) is 0 Å². The zero-order chi connectivity index (χ0) is 17.4. The highest BCUT2D eigenvalue weighted by Crippen LogP contribution is 2.29. The lowest BCUT2D eigenvalue weighted by molar-refractivity contribution is -0.114. The zero-order valence-corrected chi connectivity index (χ0v) is 14.1. The zero-order valence-electron chi connectivity index (χ0n) is 14.1. The first-order chi connectivity index (χ1) is 11.7. The van der Waals surface area contributed by atoms with Gasteiger partial charge in [-0.3, -0.25) is 4.79 Å². The number of ether oxygens (including phenoxy) is 3. The molecule has 0 atom stereocenters. The van der Waals surface area contributed by atoms with Gasteiger partial charge in [-0.05, 0) is 31.2 Å². The van der Waals surface area contributed by atoms with E-state index in [2.05, 4.69) is 10.6 Å². The molecule has 0 unspecified atom stereocenters. The van der Waals surface area contributed by atoms with E-state index < -0.39 is 0 Å². The van der Waals surface area contributed by atoms with Crippen molar-refractivity contribution >= 4 is 17.3 Å². The normalized spacial score (nSPS) is 9.96. The second-order valence-corrected chi connectivity index (χ2v) is 4.90. The number of para-hydroxylation sites is 2. The minimum absolute atomic E-state index is 0.100. The summed E-state index contributed by atoms with van der Waals surface area (Å²) in [5.74, 6) is 1.76. The molecular weight excluding hydrogens is 308 g/mol. The minimum Gasteiger partial charge on any atom is -0.497 e. The number of amides is 1. The topological polar surface area (TPSA) is 68.8 Å². The van der Waals surface area contributed by atoms with E-state index in [0.29, 0.717) is 35.2 Å². The van der Waals surface area contributed by atoms with Gasteiger partial charge in [-0.15, -0.1) is 0 Å². The van der Waals surface area contributed by atoms with Crippen LogP contribution in [0.15, 0.2) is 42.5 Å². The van der Waals surface area contributed by atoms with E-state index >= 15 is 0 Å². The van der Waals surface area contributed by atoms with Crippen LogP contribution in [-0.2, 0) is 4.79 Å². The van der Waals surface area contributed by atoms with E-state index in [1.165, 1.54) is 0 Å². The summed E-state index contributed by atoms with van der Waals surface area (Å²) < 4.78 is 15.9. The fourth-order valence-electron chi connectivity index (χ4n) is 2.17. The molecular formula is C18H22N2O4. The van der Waals surface area contributed by atoms with Crippen LogP contribution >= 0.6 is 0 Å². The number of carbonyl (C=O) groups is 1. The summed E-state index contributed by atoms with van der Waals surface area (Å²) in [4.78, 5) is 12.2. The molecule has 0 aliphatic rings. The van der Waals surface area contributed by atoms with Gasteiger partial charge in [0.2, 0.25) is 5.91 Å². The lowest BCUT2D eigenvalue weighted by atomic mass is 10.2. The number of nitrogens with one attached hydrogen (secondary N) is 2. The lowest BCUT2D eigenvalue weighted by Crippen LogP contribution is -2.22. The van der Waals surface area contributed by atoms with Gasteiger partial charge in [-0.25, -0.2) is 0 Å². The molecule has 2 rings (SSSR count). The van der Waals surface area contributed by atoms with Gasteiger partial charge in [0, 0.05) is 6.07 Å². The summed E-state index contributed by atoms with van der Waals surface area (Å²) in [6.45, 7) is 2.54. The maximum atomic E-state index is 12.2. The molecule has 0 aliphatic heterocycles. The van der Waals surface area contributed by atoms with Crippen molar-refractivity contribution in [2.75, 3.05) is 38.0 Å². The maximum Gasteiger partial charge on any atom is 0.243 e. The first kappa shape index (κ1) is 17.5. The predicted molar refractivity (Wildman–Crippen MR) is 94.3 cm³/mol. The Hall–Kier alpha value is -2.89. The van der Waals surface area contributed by atoms with E-state index in [4.69, 9.17) is 14.2 Å². The molecule has 0 fully saturated rings. The number of rotatable bonds is 8. The van der Waals surface area contributed by atoms with Gasteiger partial charge in [0.25, 0.3) is 0 Å². The van der Waals surface area contributed by atoms with Crippen LogP contribution in [0.1, 0.15) is 6.92 Å². The molecule has 0 bridgehead atoms. The summed E-state index contributed by atoms with van der Waals surface area (Å²) in [6.07, 6.45) is 0. The molecule has 2 aromatic carbocycles. The van der Waals surface area contributed by atoms with Crippen LogP contribution in [0.3, 0.4) is 0 Å². The highest BCUT2D eigenvalue weighted by molar-refractivity contribution is 5.95. The van der Waals surface area contributed by atoms with Gasteiger partial charge in [-0.2, -0.15) is 0 Å². The first-order valence-corrected chi connectivity index (χ1v) is 7.65. The first-order valence-electron chi connectivity index (χ1n) is 7.65. The molecule has 0 heterocycles. The molecule has 0 saturated carbocycles. The number of hydrogen-bond donors (Lipinski definition) is 2. The van der Waals surface area contributed by atoms with Crippen molar-refractivity contribution in [3.05, 3.63) is 42.5 Å². The molecule has 128 valence electrons. The summed E-state index contributed by atoms with van der Waals surface area (Å²) >= 11 is 0. The average Bonchev–Trinajstić information content (AvgIpc) is 2.61. The molecule has 6 heteroatoms. The van der Waals surface area contributed by atoms with Crippen molar-refractivity contribution in [3.8, 4) is 17.2 Å². The highest BCUT2D eigenvalue weighted by Gasteiger charge is 2.09. The van der Waals surface area contributed by atoms with Gasteiger partial charge in [-0.1, -0.05) is 12.1 Å². The van der Waals surface area contributed by atoms with Crippen LogP contribution in [0.25, 0.3) is 0 Å². The van der Waals surface area contributed by atoms with E-state index in [1.54, 1.807) is 38.5 Å². The molecule has 0 spiro atoms. The summed E-state index contributed by atoms with van der Waals surface area (Å²) in [6, 6.07) is 12.7. The Kier molecular flexibility index (Phi) is 6.31. The van der Waals surface area contributed by atoms with Crippen LogP contribution in [0.2, 0.25) is 0 Å². The Morgan fingerprint density at radius 1 is 1.00 bits per heavy atom. The molecule has 0 aliphatic carbocycles. The van der Waals surface area contributed by atoms with Crippen LogP contribution in [0, 0.1) is 0 Å². The van der Waals surface area contributed by atoms with Gasteiger partial charge >= 0.3 is 0 Å². The van der Waals surface area contributed by atoms with Gasteiger partial charge in [0.15, 0.2) is 0 Å². The minimum atomic E-state index is -0.181. The number of carbonyl (C=O) groups excluding carboxylic acids is 1. The third-order valence-corrected chi connectivity index (χ3v) is 3.31. The van der Waals surface area contributed by atoms with Gasteiger partial charge in [0.1, 0.15) is 17.2 Å². The largest absolute Gasteiger partial charge is 0.497 e. The second-order valence-electron chi connectivity index (χ2n) is 4.90. The molecule has 24 heavy (non-hydrogen) atoms. The third-order valence-electron chi connectivity index (χ3n) is 3.31. The van der Waals surface area contributed by atoms with E-state index in [-0.39, 0.29) is 12.5 Å². The van der Waals surface area contributed by atoms with E-state index in [9.17, 15) is 4.79 Å². The van der Waals surface area contributed by atoms with Crippen LogP contribution in [0.4, 0.5) is 11.4 Å². The van der Waals surface area contributed by atoms with Crippen LogP contribution < -0.4 is 24.8 Å². The van der Waals surface area contributed by atoms with Crippen molar-refractivity contribution < 1.29 is 19.0 Å². The van der Waals surface area contributed by atoms with Crippen molar-refractivity contribution in [1.29, 1.82) is 0 Å². The van der Waals surface area contributed by atoms with Crippen molar-refractivity contribution in [2.45, 2.75) is 6.92 Å². The summed E-state index contributed by atoms with van der Waals surface area (Å²) in [5.41, 5.74) is 1.36. The molecule has 2 aromatic rings. The number of anilines is 2. The molecule has 2 N–H and O–H groups in total. The van der Waals surface area contributed by atoms with E-state index in [1.807, 2.05) is 25.1 Å². The Balaban J connectivity index is 1.99. The number of hydrogen-bond acceptors (Lipinski definition) is 5.